The lowest BCUT2D eigenvalue weighted by Crippen LogP contribution is -2.24. The number of rotatable bonds is 3. The zero-order valence-corrected chi connectivity index (χ0v) is 30.8. The molecule has 0 fully saturated rings. The van der Waals surface area contributed by atoms with E-state index in [2.05, 4.69) is 166 Å². The third-order valence-electron chi connectivity index (χ3n) is 13.4. The molecule has 0 spiro atoms. The summed E-state index contributed by atoms with van der Waals surface area (Å²) >= 11 is 0. The highest BCUT2D eigenvalue weighted by molar-refractivity contribution is 6.30. The third kappa shape index (κ3) is 3.98. The maximum atomic E-state index is 2.61. The van der Waals surface area contributed by atoms with Gasteiger partial charge in [-0.25, -0.2) is 0 Å². The van der Waals surface area contributed by atoms with Gasteiger partial charge in [-0.05, 0) is 154 Å². The minimum atomic E-state index is 0.238. The number of allylic oxidation sites excluding steroid dienone is 13. The highest BCUT2D eigenvalue weighted by atomic mass is 14.5. The maximum absolute atomic E-state index is 2.61. The van der Waals surface area contributed by atoms with Crippen LogP contribution in [0.2, 0.25) is 0 Å². The lowest BCUT2D eigenvalue weighted by Gasteiger charge is -2.39. The number of hydrogen-bond donors (Lipinski definition) is 0. The van der Waals surface area contributed by atoms with Crippen molar-refractivity contribution in [3.63, 3.8) is 0 Å². The van der Waals surface area contributed by atoms with Gasteiger partial charge in [-0.2, -0.15) is 0 Å². The summed E-state index contributed by atoms with van der Waals surface area (Å²) in [5.41, 5.74) is 24.2. The van der Waals surface area contributed by atoms with Crippen molar-refractivity contribution >= 4 is 49.9 Å². The van der Waals surface area contributed by atoms with Gasteiger partial charge in [-0.3, -0.25) is 0 Å². The molecular weight excluding hydrogens is 649 g/mol. The van der Waals surface area contributed by atoms with Crippen LogP contribution in [0, 0.1) is 11.8 Å². The Morgan fingerprint density at radius 2 is 1.31 bits per heavy atom. The van der Waals surface area contributed by atoms with Gasteiger partial charge in [0.25, 0.3) is 0 Å². The summed E-state index contributed by atoms with van der Waals surface area (Å²) in [4.78, 5) is 0. The molecule has 6 aromatic carbocycles. The van der Waals surface area contributed by atoms with Gasteiger partial charge in [-0.1, -0.05) is 153 Å². The van der Waals surface area contributed by atoms with Crippen LogP contribution in [0.3, 0.4) is 0 Å². The standard InChI is InChI=1S/C54H40/c1-31-15-13-16-32(2)46(31)41-27-28-42-52-44(29-35-21-9-10-22-36(35)50(41)52)54-48(34-19-7-4-8-20-34)51-40-26-14-25-39-37-23-11-12-24-38(37)43(49(39)40)30-45(51)47(53(42)54)33-17-5-3-6-18-33/h3-11,13-15,17-23,25-30,32,50,52H,12,16,24H2,1-2H3. The zero-order valence-electron chi connectivity index (χ0n) is 30.8. The first kappa shape index (κ1) is 30.5. The molecule has 12 rings (SSSR count). The van der Waals surface area contributed by atoms with E-state index >= 15 is 0 Å². The van der Waals surface area contributed by atoms with Gasteiger partial charge in [0, 0.05) is 11.8 Å². The molecule has 0 saturated heterocycles. The van der Waals surface area contributed by atoms with E-state index in [0.29, 0.717) is 5.92 Å². The Morgan fingerprint density at radius 3 is 2.13 bits per heavy atom. The molecule has 0 heterocycles. The zero-order chi connectivity index (χ0) is 35.7. The van der Waals surface area contributed by atoms with Crippen LogP contribution >= 0.6 is 0 Å². The molecular formula is C54H40. The van der Waals surface area contributed by atoms with E-state index in [1.807, 2.05) is 0 Å². The smallest absolute Gasteiger partial charge is 0.0212 e. The van der Waals surface area contributed by atoms with Crippen molar-refractivity contribution in [1.82, 2.24) is 0 Å². The summed E-state index contributed by atoms with van der Waals surface area (Å²) in [7, 11) is 0. The minimum absolute atomic E-state index is 0.238. The molecule has 6 aliphatic rings. The first-order valence-electron chi connectivity index (χ1n) is 19.9. The highest BCUT2D eigenvalue weighted by Crippen LogP contribution is 2.66. The van der Waals surface area contributed by atoms with Gasteiger partial charge in [-0.15, -0.1) is 0 Å². The lowest BCUT2D eigenvalue weighted by molar-refractivity contribution is 0.631. The molecule has 0 aliphatic heterocycles. The van der Waals surface area contributed by atoms with E-state index in [0.717, 1.165) is 19.3 Å². The first-order chi connectivity index (χ1) is 26.7. The van der Waals surface area contributed by atoms with Crippen molar-refractivity contribution in [1.29, 1.82) is 0 Å². The van der Waals surface area contributed by atoms with Crippen LogP contribution in [0.4, 0.5) is 0 Å². The molecule has 54 heavy (non-hydrogen) atoms. The fourth-order valence-corrected chi connectivity index (χ4v) is 11.4. The van der Waals surface area contributed by atoms with E-state index in [1.165, 1.54) is 116 Å². The summed E-state index contributed by atoms with van der Waals surface area (Å²) in [6, 6.07) is 41.6. The fraction of sp³-hybridized carbons (Fsp3) is 0.148. The topological polar surface area (TPSA) is 0 Å². The van der Waals surface area contributed by atoms with Crippen LogP contribution in [0.5, 0.6) is 0 Å². The van der Waals surface area contributed by atoms with E-state index in [9.17, 15) is 0 Å². The lowest BCUT2D eigenvalue weighted by atomic mass is 9.64. The van der Waals surface area contributed by atoms with Gasteiger partial charge in [0.2, 0.25) is 0 Å². The molecule has 3 atom stereocenters. The molecule has 0 radical (unpaired) electrons. The summed E-state index contributed by atoms with van der Waals surface area (Å²) in [5.74, 6) is 0.978. The molecule has 0 amide bonds. The van der Waals surface area contributed by atoms with E-state index in [1.54, 1.807) is 0 Å². The SMILES string of the molecule is CC1=C(C2=CC=C3c4c(c(-c5ccccc5)c5c(cc6c7c(cccc75)C5=C6CCC=C5)c4-c4ccccc4)C4=Cc5ccccc5C2C34)C(C)CC=C1. The predicted octanol–water partition coefficient (Wildman–Crippen LogP) is 14.4. The monoisotopic (exact) mass is 688 g/mol. The van der Waals surface area contributed by atoms with Crippen LogP contribution < -0.4 is 0 Å². The normalized spacial score (nSPS) is 21.5. The summed E-state index contributed by atoms with van der Waals surface area (Å²) in [5, 5.41) is 5.56. The molecule has 0 nitrogen and oxygen atoms in total. The fourth-order valence-electron chi connectivity index (χ4n) is 11.4. The molecule has 0 bridgehead atoms. The summed E-state index contributed by atoms with van der Waals surface area (Å²) in [6.07, 6.45) is 20.4. The van der Waals surface area contributed by atoms with Crippen LogP contribution in [-0.2, 0) is 0 Å². The number of fused-ring (bicyclic) bond motifs is 9. The molecule has 6 aromatic rings. The van der Waals surface area contributed by atoms with E-state index < -0.39 is 0 Å². The number of hydrogen-bond acceptors (Lipinski definition) is 0. The van der Waals surface area contributed by atoms with Crippen molar-refractivity contribution in [3.8, 4) is 22.3 Å². The molecule has 0 heteroatoms. The summed E-state index contributed by atoms with van der Waals surface area (Å²) in [6.45, 7) is 4.75. The second-order valence-electron chi connectivity index (χ2n) is 16.2. The quantitative estimate of drug-likeness (QED) is 0.162. The molecule has 3 unspecified atom stereocenters. The molecule has 0 saturated carbocycles. The van der Waals surface area contributed by atoms with E-state index in [-0.39, 0.29) is 11.8 Å². The largest absolute Gasteiger partial charge is 0.0837 e. The Kier molecular flexibility index (Phi) is 6.36. The number of benzene rings is 6. The van der Waals surface area contributed by atoms with E-state index in [4.69, 9.17) is 0 Å². The average molecular weight is 689 g/mol. The Bertz CT molecular complexity index is 2900. The van der Waals surface area contributed by atoms with Crippen molar-refractivity contribution in [2.24, 2.45) is 11.8 Å². The Hall–Kier alpha value is -5.98. The van der Waals surface area contributed by atoms with Gasteiger partial charge in [0.1, 0.15) is 0 Å². The van der Waals surface area contributed by atoms with Crippen LogP contribution in [0.1, 0.15) is 72.4 Å². The highest BCUT2D eigenvalue weighted by Gasteiger charge is 2.48. The van der Waals surface area contributed by atoms with Crippen molar-refractivity contribution in [2.75, 3.05) is 0 Å². The van der Waals surface area contributed by atoms with Crippen LogP contribution in [0.25, 0.3) is 72.2 Å². The second-order valence-corrected chi connectivity index (χ2v) is 16.2. The Morgan fingerprint density at radius 1 is 0.574 bits per heavy atom. The second kappa shape index (κ2) is 11.3. The third-order valence-corrected chi connectivity index (χ3v) is 13.4. The van der Waals surface area contributed by atoms with Gasteiger partial charge in [0.05, 0.1) is 0 Å². The Labute approximate surface area is 317 Å². The average Bonchev–Trinajstić information content (AvgIpc) is 3.72. The van der Waals surface area contributed by atoms with Crippen LogP contribution in [0.15, 0.2) is 162 Å². The molecule has 0 N–H and O–H groups in total. The van der Waals surface area contributed by atoms with Crippen molar-refractivity contribution in [2.45, 2.75) is 39.0 Å². The van der Waals surface area contributed by atoms with Crippen molar-refractivity contribution < 1.29 is 0 Å². The summed E-state index contributed by atoms with van der Waals surface area (Å²) < 4.78 is 0. The van der Waals surface area contributed by atoms with Crippen molar-refractivity contribution in [3.05, 3.63) is 196 Å². The first-order valence-corrected chi connectivity index (χ1v) is 19.9. The van der Waals surface area contributed by atoms with Crippen LogP contribution in [-0.4, -0.2) is 0 Å². The predicted molar refractivity (Wildman–Crippen MR) is 230 cm³/mol. The van der Waals surface area contributed by atoms with Gasteiger partial charge in [0.15, 0.2) is 0 Å². The molecule has 256 valence electrons. The van der Waals surface area contributed by atoms with Gasteiger partial charge >= 0.3 is 0 Å². The molecule has 6 aliphatic carbocycles. The Balaban J connectivity index is 1.29. The molecule has 0 aromatic heterocycles. The minimum Gasteiger partial charge on any atom is -0.0837 e. The van der Waals surface area contributed by atoms with Gasteiger partial charge < -0.3 is 0 Å². The maximum Gasteiger partial charge on any atom is 0.0212 e.